The highest BCUT2D eigenvalue weighted by Crippen LogP contribution is 2.36. The summed E-state index contributed by atoms with van der Waals surface area (Å²) in [6.07, 6.45) is -3.72. The third kappa shape index (κ3) is 3.55. The smallest absolute Gasteiger partial charge is 0.386 e. The lowest BCUT2D eigenvalue weighted by Crippen LogP contribution is -2.24. The molecule has 1 saturated heterocycles. The maximum atomic E-state index is 13.0. The van der Waals surface area contributed by atoms with Gasteiger partial charge in [-0.15, -0.1) is 0 Å². The molecule has 2 N–H and O–H groups in total. The van der Waals surface area contributed by atoms with Gasteiger partial charge in [-0.25, -0.2) is 0 Å². The van der Waals surface area contributed by atoms with E-state index in [1.54, 1.807) is 6.07 Å². The minimum Gasteiger partial charge on any atom is -0.386 e. The quantitative estimate of drug-likeness (QED) is 0.879. The summed E-state index contributed by atoms with van der Waals surface area (Å²) in [5.41, 5.74) is 1.58. The fourth-order valence-corrected chi connectivity index (χ4v) is 3.21. The first-order valence-electron chi connectivity index (χ1n) is 8.27. The average Bonchev–Trinajstić information content (AvgIpc) is 2.72. The molecule has 1 fully saturated rings. The SMILES string of the molecule is CC(C)CC1=C2C(=NCCN1)C(=O)NC2c1cccc(C(F)(F)F)c1. The second-order valence-electron chi connectivity index (χ2n) is 6.68. The van der Waals surface area contributed by atoms with E-state index in [0.717, 1.165) is 17.8 Å². The minimum absolute atomic E-state index is 0.331. The number of carbonyl (C=O) groups is 1. The monoisotopic (exact) mass is 351 g/mol. The lowest BCUT2D eigenvalue weighted by Gasteiger charge is -2.19. The summed E-state index contributed by atoms with van der Waals surface area (Å²) in [6.45, 7) is 5.18. The zero-order valence-electron chi connectivity index (χ0n) is 14.1. The highest BCUT2D eigenvalue weighted by Gasteiger charge is 2.39. The predicted octanol–water partition coefficient (Wildman–Crippen LogP) is 3.22. The van der Waals surface area contributed by atoms with E-state index < -0.39 is 17.8 Å². The molecule has 0 spiro atoms. The van der Waals surface area contributed by atoms with Gasteiger partial charge in [0.15, 0.2) is 0 Å². The van der Waals surface area contributed by atoms with Gasteiger partial charge in [0, 0.05) is 17.8 Å². The largest absolute Gasteiger partial charge is 0.416 e. The van der Waals surface area contributed by atoms with E-state index in [-0.39, 0.29) is 5.91 Å². The summed E-state index contributed by atoms with van der Waals surface area (Å²) in [5, 5.41) is 6.09. The number of rotatable bonds is 3. The van der Waals surface area contributed by atoms with Gasteiger partial charge < -0.3 is 10.6 Å². The Labute approximate surface area is 144 Å². The Kier molecular flexibility index (Phi) is 4.58. The van der Waals surface area contributed by atoms with Gasteiger partial charge in [0.1, 0.15) is 5.71 Å². The Bertz CT molecular complexity index is 750. The van der Waals surface area contributed by atoms with Crippen molar-refractivity contribution in [2.75, 3.05) is 13.1 Å². The van der Waals surface area contributed by atoms with Crippen LogP contribution in [0.2, 0.25) is 0 Å². The molecule has 0 radical (unpaired) electrons. The summed E-state index contributed by atoms with van der Waals surface area (Å²) < 4.78 is 39.1. The van der Waals surface area contributed by atoms with Crippen molar-refractivity contribution in [2.24, 2.45) is 10.9 Å². The lowest BCUT2D eigenvalue weighted by atomic mass is 9.93. The topological polar surface area (TPSA) is 53.5 Å². The molecule has 1 atom stereocenters. The molecule has 1 aromatic carbocycles. The van der Waals surface area contributed by atoms with Gasteiger partial charge in [-0.2, -0.15) is 13.2 Å². The predicted molar refractivity (Wildman–Crippen MR) is 89.1 cm³/mol. The molecule has 7 heteroatoms. The molecule has 2 aliphatic heterocycles. The van der Waals surface area contributed by atoms with E-state index in [1.807, 2.05) is 0 Å². The Hall–Kier alpha value is -2.31. The number of nitrogens with zero attached hydrogens (tertiary/aromatic N) is 1. The summed E-state index contributed by atoms with van der Waals surface area (Å²) in [5.74, 6) is 0.00887. The number of halogens is 3. The number of hydrogen-bond acceptors (Lipinski definition) is 3. The van der Waals surface area contributed by atoms with Crippen LogP contribution in [-0.2, 0) is 11.0 Å². The Balaban J connectivity index is 2.09. The molecule has 0 saturated carbocycles. The number of benzene rings is 1. The molecular weight excluding hydrogens is 331 g/mol. The Morgan fingerprint density at radius 2 is 2.08 bits per heavy atom. The number of alkyl halides is 3. The van der Waals surface area contributed by atoms with Gasteiger partial charge in [0.05, 0.1) is 18.2 Å². The van der Waals surface area contributed by atoms with Crippen molar-refractivity contribution in [2.45, 2.75) is 32.5 Å². The van der Waals surface area contributed by atoms with Gasteiger partial charge in [-0.3, -0.25) is 9.79 Å². The van der Waals surface area contributed by atoms with E-state index in [0.29, 0.717) is 42.3 Å². The van der Waals surface area contributed by atoms with E-state index in [9.17, 15) is 18.0 Å². The van der Waals surface area contributed by atoms with Crippen molar-refractivity contribution >= 4 is 11.6 Å². The van der Waals surface area contributed by atoms with Crippen LogP contribution in [0.15, 0.2) is 40.5 Å². The number of nitrogens with one attached hydrogen (secondary N) is 2. The fourth-order valence-electron chi connectivity index (χ4n) is 3.21. The van der Waals surface area contributed by atoms with Crippen molar-refractivity contribution in [3.8, 4) is 0 Å². The zero-order valence-corrected chi connectivity index (χ0v) is 14.1. The van der Waals surface area contributed by atoms with Crippen LogP contribution in [0.25, 0.3) is 0 Å². The average molecular weight is 351 g/mol. The first-order valence-corrected chi connectivity index (χ1v) is 8.27. The van der Waals surface area contributed by atoms with Crippen molar-refractivity contribution in [3.63, 3.8) is 0 Å². The highest BCUT2D eigenvalue weighted by atomic mass is 19.4. The zero-order chi connectivity index (χ0) is 18.2. The Morgan fingerprint density at radius 3 is 2.76 bits per heavy atom. The van der Waals surface area contributed by atoms with Crippen molar-refractivity contribution in [1.82, 2.24) is 10.6 Å². The third-order valence-corrected chi connectivity index (χ3v) is 4.24. The maximum absolute atomic E-state index is 13.0. The molecular formula is C18H20F3N3O. The molecule has 1 unspecified atom stereocenters. The molecule has 134 valence electrons. The van der Waals surface area contributed by atoms with Crippen LogP contribution >= 0.6 is 0 Å². The maximum Gasteiger partial charge on any atom is 0.416 e. The van der Waals surface area contributed by atoms with Gasteiger partial charge in [-0.05, 0) is 30.0 Å². The summed E-state index contributed by atoms with van der Waals surface area (Å²) in [4.78, 5) is 16.7. The molecule has 2 heterocycles. The molecule has 2 aliphatic rings. The second kappa shape index (κ2) is 6.54. The number of fused-ring (bicyclic) bond motifs is 1. The summed E-state index contributed by atoms with van der Waals surface area (Å²) in [6, 6.07) is 4.48. The van der Waals surface area contributed by atoms with Crippen LogP contribution in [0.4, 0.5) is 13.2 Å². The van der Waals surface area contributed by atoms with Crippen molar-refractivity contribution < 1.29 is 18.0 Å². The van der Waals surface area contributed by atoms with Crippen LogP contribution in [0.1, 0.15) is 37.4 Å². The molecule has 0 aromatic heterocycles. The van der Waals surface area contributed by atoms with Crippen LogP contribution in [0, 0.1) is 5.92 Å². The van der Waals surface area contributed by atoms with Crippen LogP contribution in [0.3, 0.4) is 0 Å². The van der Waals surface area contributed by atoms with Gasteiger partial charge in [0.2, 0.25) is 0 Å². The molecule has 0 aliphatic carbocycles. The van der Waals surface area contributed by atoms with Crippen LogP contribution < -0.4 is 10.6 Å². The standard InChI is InChI=1S/C18H20F3N3O/c1-10(2)8-13-14-15(24-17(25)16(14)23-7-6-22-13)11-4-3-5-12(9-11)18(19,20)21/h3-5,9-10,15,22H,6-8H2,1-2H3,(H,24,25). The first-order chi connectivity index (χ1) is 11.8. The second-order valence-corrected chi connectivity index (χ2v) is 6.68. The summed E-state index contributed by atoms with van der Waals surface area (Å²) >= 11 is 0. The first kappa shape index (κ1) is 17.5. The molecule has 25 heavy (non-hydrogen) atoms. The van der Waals surface area contributed by atoms with E-state index in [4.69, 9.17) is 0 Å². The molecule has 4 nitrogen and oxygen atoms in total. The van der Waals surface area contributed by atoms with E-state index in [1.165, 1.54) is 6.07 Å². The number of hydrogen-bond donors (Lipinski definition) is 2. The third-order valence-electron chi connectivity index (χ3n) is 4.24. The van der Waals surface area contributed by atoms with Crippen LogP contribution in [0.5, 0.6) is 0 Å². The van der Waals surface area contributed by atoms with E-state index >= 15 is 0 Å². The molecule has 0 bridgehead atoms. The number of aliphatic imine (C=N–C) groups is 1. The lowest BCUT2D eigenvalue weighted by molar-refractivity contribution is -0.137. The normalized spacial score (nSPS) is 20.8. The van der Waals surface area contributed by atoms with Gasteiger partial charge >= 0.3 is 6.18 Å². The van der Waals surface area contributed by atoms with Crippen molar-refractivity contribution in [3.05, 3.63) is 46.7 Å². The number of allylic oxidation sites excluding steroid dienone is 1. The highest BCUT2D eigenvalue weighted by molar-refractivity contribution is 6.48. The summed E-state index contributed by atoms with van der Waals surface area (Å²) in [7, 11) is 0. The Morgan fingerprint density at radius 1 is 1.32 bits per heavy atom. The van der Waals surface area contributed by atoms with Crippen molar-refractivity contribution in [1.29, 1.82) is 0 Å². The number of carbonyl (C=O) groups excluding carboxylic acids is 1. The van der Waals surface area contributed by atoms with E-state index in [2.05, 4.69) is 29.5 Å². The minimum atomic E-state index is -4.42. The van der Waals surface area contributed by atoms with Gasteiger partial charge in [0.25, 0.3) is 5.91 Å². The molecule has 3 rings (SSSR count). The van der Waals surface area contributed by atoms with Gasteiger partial charge in [-0.1, -0.05) is 26.0 Å². The number of amides is 1. The molecule has 1 amide bonds. The fraction of sp³-hybridized carbons (Fsp3) is 0.444. The molecule has 1 aromatic rings. The van der Waals surface area contributed by atoms with Crippen LogP contribution in [-0.4, -0.2) is 24.7 Å².